The number of aromatic nitrogens is 2. The van der Waals surface area contributed by atoms with Crippen LogP contribution in [0.4, 0.5) is 5.13 Å². The van der Waals surface area contributed by atoms with Crippen molar-refractivity contribution in [3.63, 3.8) is 0 Å². The third-order valence-corrected chi connectivity index (χ3v) is 7.91. The van der Waals surface area contributed by atoms with Crippen molar-refractivity contribution in [1.29, 1.82) is 0 Å². The van der Waals surface area contributed by atoms with Gasteiger partial charge in [-0.2, -0.15) is 0 Å². The predicted molar refractivity (Wildman–Crippen MR) is 153 cm³/mol. The molecule has 1 saturated heterocycles. The Morgan fingerprint density at radius 2 is 1.88 bits per heavy atom. The maximum Gasteiger partial charge on any atom is 0.301 e. The molecule has 6 rings (SSSR count). The summed E-state index contributed by atoms with van der Waals surface area (Å²) >= 11 is 1.19. The number of hydrogen-bond donors (Lipinski definition) is 1. The first-order valence-electron chi connectivity index (χ1n) is 13.1. The SMILES string of the molecule is COc1cc([C@H]2/C(=C(\O)c3ccc4c(c3)C[C@@H](C)O4)C(=O)C(=O)N2c2nnc(C)s2)ccc1OCc1ccccc1. The molecule has 208 valence electrons. The van der Waals surface area contributed by atoms with E-state index in [4.69, 9.17) is 14.2 Å². The summed E-state index contributed by atoms with van der Waals surface area (Å²) in [6.07, 6.45) is 0.698. The van der Waals surface area contributed by atoms with E-state index in [-0.39, 0.29) is 22.6 Å². The van der Waals surface area contributed by atoms with Crippen LogP contribution in [0, 0.1) is 6.92 Å². The van der Waals surface area contributed by atoms with Crippen LogP contribution in [0.15, 0.2) is 72.3 Å². The summed E-state index contributed by atoms with van der Waals surface area (Å²) in [6.45, 7) is 4.07. The fourth-order valence-corrected chi connectivity index (χ4v) is 5.88. The lowest BCUT2D eigenvalue weighted by molar-refractivity contribution is -0.132. The Morgan fingerprint density at radius 3 is 2.61 bits per heavy atom. The average Bonchev–Trinajstić information content (AvgIpc) is 3.65. The van der Waals surface area contributed by atoms with Crippen LogP contribution in [0.25, 0.3) is 5.76 Å². The van der Waals surface area contributed by atoms with Crippen molar-refractivity contribution in [3.05, 3.63) is 99.6 Å². The number of Topliss-reactive ketones (excluding diaryl/α,β-unsaturated/α-hetero) is 1. The zero-order valence-corrected chi connectivity index (χ0v) is 23.5. The number of benzene rings is 3. The number of aryl methyl sites for hydroxylation is 1. The molecule has 3 aromatic carbocycles. The van der Waals surface area contributed by atoms with E-state index >= 15 is 0 Å². The Morgan fingerprint density at radius 1 is 1.07 bits per heavy atom. The van der Waals surface area contributed by atoms with Gasteiger partial charge in [-0.25, -0.2) is 0 Å². The highest BCUT2D eigenvalue weighted by molar-refractivity contribution is 7.15. The number of anilines is 1. The molecule has 41 heavy (non-hydrogen) atoms. The molecule has 10 heteroatoms. The molecule has 0 aliphatic carbocycles. The maximum absolute atomic E-state index is 13.5. The van der Waals surface area contributed by atoms with Gasteiger partial charge in [-0.05, 0) is 60.9 Å². The largest absolute Gasteiger partial charge is 0.507 e. The minimum absolute atomic E-state index is 0.0173. The maximum atomic E-state index is 13.5. The van der Waals surface area contributed by atoms with Gasteiger partial charge in [0.05, 0.1) is 18.7 Å². The van der Waals surface area contributed by atoms with E-state index in [0.29, 0.717) is 40.7 Å². The van der Waals surface area contributed by atoms with E-state index in [1.807, 2.05) is 37.3 Å². The predicted octanol–water partition coefficient (Wildman–Crippen LogP) is 5.38. The number of aliphatic hydroxyl groups is 1. The molecule has 0 saturated carbocycles. The molecule has 3 heterocycles. The summed E-state index contributed by atoms with van der Waals surface area (Å²) in [6, 6.07) is 19.2. The van der Waals surface area contributed by atoms with Crippen LogP contribution in [-0.4, -0.2) is 40.2 Å². The number of ketones is 1. The van der Waals surface area contributed by atoms with E-state index in [1.54, 1.807) is 43.3 Å². The monoisotopic (exact) mass is 569 g/mol. The second-order valence-corrected chi connectivity index (χ2v) is 11.1. The molecular weight excluding hydrogens is 542 g/mol. The van der Waals surface area contributed by atoms with E-state index in [9.17, 15) is 14.7 Å². The van der Waals surface area contributed by atoms with Crippen LogP contribution >= 0.6 is 11.3 Å². The number of amides is 1. The third-order valence-electron chi connectivity index (χ3n) is 7.08. The van der Waals surface area contributed by atoms with Crippen LogP contribution in [0.1, 0.15) is 40.2 Å². The lowest BCUT2D eigenvalue weighted by Gasteiger charge is -2.23. The Hall–Kier alpha value is -4.70. The first-order chi connectivity index (χ1) is 19.8. The van der Waals surface area contributed by atoms with Crippen LogP contribution in [0.5, 0.6) is 17.2 Å². The van der Waals surface area contributed by atoms with Crippen LogP contribution in [0.2, 0.25) is 0 Å². The number of carbonyl (C=O) groups excluding carboxylic acids is 2. The molecule has 1 fully saturated rings. The molecule has 0 bridgehead atoms. The summed E-state index contributed by atoms with van der Waals surface area (Å²) in [7, 11) is 1.52. The smallest absolute Gasteiger partial charge is 0.301 e. The number of aliphatic hydroxyl groups excluding tert-OH is 1. The summed E-state index contributed by atoms with van der Waals surface area (Å²) < 4.78 is 17.5. The van der Waals surface area contributed by atoms with Gasteiger partial charge in [-0.1, -0.05) is 47.7 Å². The summed E-state index contributed by atoms with van der Waals surface area (Å²) in [5, 5.41) is 20.6. The molecule has 9 nitrogen and oxygen atoms in total. The second kappa shape index (κ2) is 10.7. The normalized spacial score (nSPS) is 19.2. The Kier molecular flexibility index (Phi) is 6.92. The molecule has 0 spiro atoms. The van der Waals surface area contributed by atoms with E-state index in [0.717, 1.165) is 16.9 Å². The van der Waals surface area contributed by atoms with Gasteiger partial charge in [0.1, 0.15) is 29.2 Å². The van der Waals surface area contributed by atoms with Gasteiger partial charge in [-0.15, -0.1) is 10.2 Å². The molecule has 4 aromatic rings. The quantitative estimate of drug-likeness (QED) is 0.179. The second-order valence-electron chi connectivity index (χ2n) is 9.91. The van der Waals surface area contributed by atoms with Crippen molar-refractivity contribution in [2.75, 3.05) is 12.0 Å². The van der Waals surface area contributed by atoms with E-state index in [1.165, 1.54) is 23.3 Å². The standard InChI is InChI=1S/C31H27N3O6S/c1-17-13-22-14-21(10-11-23(22)40-17)28(35)26-27(34(30(37)29(26)36)31-33-32-18(2)41-31)20-9-12-24(25(15-20)38-3)39-16-19-7-5-4-6-8-19/h4-12,14-15,17,27,35H,13,16H2,1-3H3/b28-26+/t17-,27+/m1/s1. The molecule has 0 unspecified atom stereocenters. The van der Waals surface area contributed by atoms with Gasteiger partial charge in [0.25, 0.3) is 5.78 Å². The molecule has 1 amide bonds. The highest BCUT2D eigenvalue weighted by atomic mass is 32.1. The van der Waals surface area contributed by atoms with Gasteiger partial charge < -0.3 is 19.3 Å². The number of hydrogen-bond acceptors (Lipinski definition) is 9. The topological polar surface area (TPSA) is 111 Å². The van der Waals surface area contributed by atoms with Crippen molar-refractivity contribution in [1.82, 2.24) is 10.2 Å². The molecule has 2 atom stereocenters. The number of ether oxygens (including phenoxy) is 3. The number of carbonyl (C=O) groups is 2. The van der Waals surface area contributed by atoms with Gasteiger partial charge in [0.15, 0.2) is 11.5 Å². The minimum Gasteiger partial charge on any atom is -0.507 e. The van der Waals surface area contributed by atoms with Crippen LogP contribution in [-0.2, 0) is 22.6 Å². The van der Waals surface area contributed by atoms with Crippen LogP contribution in [0.3, 0.4) is 0 Å². The number of methoxy groups -OCH3 is 1. The summed E-state index contributed by atoms with van der Waals surface area (Å²) in [5.41, 5.74) is 2.84. The molecule has 1 N–H and O–H groups in total. The zero-order valence-electron chi connectivity index (χ0n) is 22.7. The number of fused-ring (bicyclic) bond motifs is 1. The fourth-order valence-electron chi connectivity index (χ4n) is 5.16. The van der Waals surface area contributed by atoms with Gasteiger partial charge in [0, 0.05) is 12.0 Å². The summed E-state index contributed by atoms with van der Waals surface area (Å²) in [5.74, 6) is -0.227. The van der Waals surface area contributed by atoms with Gasteiger partial charge >= 0.3 is 5.91 Å². The Bertz CT molecular complexity index is 1680. The number of rotatable bonds is 7. The highest BCUT2D eigenvalue weighted by Crippen LogP contribution is 2.45. The van der Waals surface area contributed by atoms with Crippen molar-refractivity contribution in [2.24, 2.45) is 0 Å². The Balaban J connectivity index is 1.44. The highest BCUT2D eigenvalue weighted by Gasteiger charge is 2.48. The summed E-state index contributed by atoms with van der Waals surface area (Å²) in [4.78, 5) is 28.3. The average molecular weight is 570 g/mol. The van der Waals surface area contributed by atoms with Crippen molar-refractivity contribution in [2.45, 2.75) is 39.0 Å². The molecule has 2 aliphatic heterocycles. The lowest BCUT2D eigenvalue weighted by Crippen LogP contribution is -2.29. The van der Waals surface area contributed by atoms with E-state index in [2.05, 4.69) is 10.2 Å². The minimum atomic E-state index is -0.970. The zero-order chi connectivity index (χ0) is 28.7. The van der Waals surface area contributed by atoms with Crippen molar-refractivity contribution >= 4 is 33.9 Å². The van der Waals surface area contributed by atoms with Crippen LogP contribution < -0.4 is 19.1 Å². The lowest BCUT2D eigenvalue weighted by atomic mass is 9.94. The number of nitrogens with zero attached hydrogens (tertiary/aromatic N) is 3. The van der Waals surface area contributed by atoms with Gasteiger partial charge in [-0.3, -0.25) is 14.5 Å². The van der Waals surface area contributed by atoms with Crippen molar-refractivity contribution in [3.8, 4) is 17.2 Å². The fraction of sp³-hybridized carbons (Fsp3) is 0.226. The van der Waals surface area contributed by atoms with Gasteiger partial charge in [0.2, 0.25) is 5.13 Å². The first kappa shape index (κ1) is 26.5. The molecule has 2 aliphatic rings. The molecular formula is C31H27N3O6S. The van der Waals surface area contributed by atoms with Crippen molar-refractivity contribution < 1.29 is 28.9 Å². The molecule has 1 aromatic heterocycles. The third kappa shape index (κ3) is 4.91. The molecule has 0 radical (unpaired) electrons. The van der Waals surface area contributed by atoms with E-state index < -0.39 is 17.7 Å². The Labute approximate surface area is 240 Å². The first-order valence-corrected chi connectivity index (χ1v) is 13.9.